The van der Waals surface area contributed by atoms with Crippen LogP contribution in [0.15, 0.2) is 6.07 Å². The molecule has 1 saturated carbocycles. The van der Waals surface area contributed by atoms with E-state index in [4.69, 9.17) is 27.9 Å². The van der Waals surface area contributed by atoms with E-state index in [0.29, 0.717) is 24.8 Å². The van der Waals surface area contributed by atoms with Crippen LogP contribution in [0.25, 0.3) is 0 Å². The zero-order chi connectivity index (χ0) is 20.5. The lowest BCUT2D eigenvalue weighted by Gasteiger charge is -2.33. The Hall–Kier alpha value is -1.59. The third-order valence-electron chi connectivity index (χ3n) is 6.07. The molecule has 1 unspecified atom stereocenters. The molecule has 5 nitrogen and oxygen atoms in total. The van der Waals surface area contributed by atoms with E-state index in [2.05, 4.69) is 4.74 Å². The molecule has 0 saturated heterocycles. The van der Waals surface area contributed by atoms with Gasteiger partial charge in [0.1, 0.15) is 16.6 Å². The minimum Gasteiger partial charge on any atom is -0.480 e. The number of carbonyl (C=O) groups is 3. The van der Waals surface area contributed by atoms with Crippen molar-refractivity contribution < 1.29 is 23.9 Å². The molecule has 152 valence electrons. The highest BCUT2D eigenvalue weighted by Crippen LogP contribution is 2.54. The van der Waals surface area contributed by atoms with Crippen LogP contribution in [-0.4, -0.2) is 31.3 Å². The van der Waals surface area contributed by atoms with Crippen LogP contribution in [-0.2, 0) is 20.7 Å². The van der Waals surface area contributed by atoms with Crippen molar-refractivity contribution in [3.05, 3.63) is 27.2 Å². The molecule has 1 aromatic rings. The van der Waals surface area contributed by atoms with Crippen molar-refractivity contribution in [1.29, 1.82) is 0 Å². The molecule has 2 aliphatic rings. The van der Waals surface area contributed by atoms with Crippen molar-refractivity contribution in [3.8, 4) is 5.75 Å². The molecule has 0 radical (unpaired) electrons. The van der Waals surface area contributed by atoms with Crippen LogP contribution in [0, 0.1) is 11.3 Å². The second kappa shape index (κ2) is 8.42. The van der Waals surface area contributed by atoms with Crippen LogP contribution in [0.1, 0.15) is 61.4 Å². The summed E-state index contributed by atoms with van der Waals surface area (Å²) in [5.74, 6) is 0.0263. The van der Waals surface area contributed by atoms with E-state index in [1.165, 1.54) is 7.11 Å². The first-order chi connectivity index (χ1) is 13.3. The van der Waals surface area contributed by atoms with Gasteiger partial charge in [0.05, 0.1) is 12.1 Å². The van der Waals surface area contributed by atoms with E-state index in [9.17, 15) is 14.4 Å². The lowest BCUT2D eigenvalue weighted by molar-refractivity contribution is -0.142. The smallest absolute Gasteiger partial charge is 0.343 e. The highest BCUT2D eigenvalue weighted by molar-refractivity contribution is 6.45. The lowest BCUT2D eigenvalue weighted by atomic mass is 9.68. The lowest BCUT2D eigenvalue weighted by Crippen LogP contribution is -2.36. The van der Waals surface area contributed by atoms with Crippen LogP contribution in [0.2, 0.25) is 10.0 Å². The standard InChI is InChI=1S/C21H24Cl2O5/c1-12(24)7-8-21(14-5-3-4-6-14)10-13-9-15(28-11-16(25)27-2)18(22)19(23)17(13)20(21)26/h9,14H,3-8,10-11H2,1-2H3. The average Bonchev–Trinajstić information content (AvgIpc) is 3.29. The van der Waals surface area contributed by atoms with Gasteiger partial charge in [-0.2, -0.15) is 0 Å². The van der Waals surface area contributed by atoms with Gasteiger partial charge in [-0.1, -0.05) is 36.0 Å². The van der Waals surface area contributed by atoms with Gasteiger partial charge in [0.15, 0.2) is 12.4 Å². The van der Waals surface area contributed by atoms with E-state index in [1.54, 1.807) is 13.0 Å². The van der Waals surface area contributed by atoms with Gasteiger partial charge in [-0.3, -0.25) is 4.79 Å². The molecule has 2 aliphatic carbocycles. The summed E-state index contributed by atoms with van der Waals surface area (Å²) < 4.78 is 10.0. The van der Waals surface area contributed by atoms with Gasteiger partial charge in [0, 0.05) is 17.4 Å². The number of methoxy groups -OCH3 is 1. The van der Waals surface area contributed by atoms with Crippen molar-refractivity contribution in [2.75, 3.05) is 13.7 Å². The van der Waals surface area contributed by atoms with Crippen molar-refractivity contribution in [3.63, 3.8) is 0 Å². The molecule has 7 heteroatoms. The van der Waals surface area contributed by atoms with Crippen molar-refractivity contribution in [1.82, 2.24) is 0 Å². The first kappa shape index (κ1) is 21.1. The SMILES string of the molecule is COC(=O)COc1cc2c(c(Cl)c1Cl)C(=O)C(CCC(C)=O)(C1CCCC1)C2. The number of hydrogen-bond acceptors (Lipinski definition) is 5. The summed E-state index contributed by atoms with van der Waals surface area (Å²) in [6.45, 7) is 1.26. The highest BCUT2D eigenvalue weighted by Gasteiger charge is 2.52. The number of Topliss-reactive ketones (excluding diaryl/α,β-unsaturated/α-hetero) is 2. The Bertz CT molecular complexity index is 814. The van der Waals surface area contributed by atoms with E-state index in [0.717, 1.165) is 31.2 Å². The van der Waals surface area contributed by atoms with Crippen LogP contribution in [0.3, 0.4) is 0 Å². The second-order valence-corrected chi connectivity index (χ2v) is 8.50. The molecule has 1 aromatic carbocycles. The Morgan fingerprint density at radius 1 is 1.21 bits per heavy atom. The zero-order valence-corrected chi connectivity index (χ0v) is 17.6. The summed E-state index contributed by atoms with van der Waals surface area (Å²) in [7, 11) is 1.27. The van der Waals surface area contributed by atoms with E-state index in [1.807, 2.05) is 0 Å². The number of benzene rings is 1. The topological polar surface area (TPSA) is 69.7 Å². The van der Waals surface area contributed by atoms with Crippen LogP contribution in [0.4, 0.5) is 0 Å². The quantitative estimate of drug-likeness (QED) is 0.583. The minimum atomic E-state index is -0.613. The number of halogens is 2. The summed E-state index contributed by atoms with van der Waals surface area (Å²) in [6, 6.07) is 1.70. The molecule has 0 aromatic heterocycles. The maximum atomic E-state index is 13.5. The first-order valence-corrected chi connectivity index (χ1v) is 10.3. The molecular weight excluding hydrogens is 403 g/mol. The number of ether oxygens (including phenoxy) is 2. The van der Waals surface area contributed by atoms with Gasteiger partial charge < -0.3 is 14.3 Å². The molecule has 0 heterocycles. The van der Waals surface area contributed by atoms with Gasteiger partial charge in [-0.05, 0) is 50.2 Å². The molecule has 1 atom stereocenters. The molecule has 0 N–H and O–H groups in total. The zero-order valence-electron chi connectivity index (χ0n) is 16.1. The number of fused-ring (bicyclic) bond motifs is 1. The van der Waals surface area contributed by atoms with Crippen molar-refractivity contribution in [2.45, 2.75) is 51.9 Å². The third-order valence-corrected chi connectivity index (χ3v) is 6.92. The first-order valence-electron chi connectivity index (χ1n) is 9.55. The Morgan fingerprint density at radius 3 is 2.50 bits per heavy atom. The molecule has 1 fully saturated rings. The normalized spacial score (nSPS) is 21.6. The van der Waals surface area contributed by atoms with Crippen molar-refractivity contribution >= 4 is 40.7 Å². The predicted molar refractivity (Wildman–Crippen MR) is 106 cm³/mol. The third kappa shape index (κ3) is 3.79. The number of ketones is 2. The molecule has 0 spiro atoms. The van der Waals surface area contributed by atoms with Crippen LogP contribution in [0.5, 0.6) is 5.75 Å². The summed E-state index contributed by atoms with van der Waals surface area (Å²) in [5, 5.41) is 0.276. The summed E-state index contributed by atoms with van der Waals surface area (Å²) in [4.78, 5) is 36.6. The molecule has 0 aliphatic heterocycles. The molecule has 3 rings (SSSR count). The number of rotatable bonds is 7. The monoisotopic (exact) mass is 426 g/mol. The maximum Gasteiger partial charge on any atom is 0.343 e. The summed E-state index contributed by atoms with van der Waals surface area (Å²) in [5.41, 5.74) is 0.598. The number of hydrogen-bond donors (Lipinski definition) is 0. The van der Waals surface area contributed by atoms with E-state index in [-0.39, 0.29) is 39.9 Å². The Kier molecular flexibility index (Phi) is 6.35. The number of esters is 1. The van der Waals surface area contributed by atoms with Crippen LogP contribution >= 0.6 is 23.2 Å². The van der Waals surface area contributed by atoms with Crippen molar-refractivity contribution in [2.24, 2.45) is 11.3 Å². The largest absolute Gasteiger partial charge is 0.480 e. The fourth-order valence-corrected chi connectivity index (χ4v) is 5.12. The average molecular weight is 427 g/mol. The summed E-state index contributed by atoms with van der Waals surface area (Å²) in [6.07, 6.45) is 5.56. The maximum absolute atomic E-state index is 13.5. The van der Waals surface area contributed by atoms with E-state index < -0.39 is 11.4 Å². The number of carbonyl (C=O) groups excluding carboxylic acids is 3. The molecule has 28 heavy (non-hydrogen) atoms. The Morgan fingerprint density at radius 2 is 1.89 bits per heavy atom. The molecule has 0 bridgehead atoms. The molecular formula is C21H24Cl2O5. The second-order valence-electron chi connectivity index (χ2n) is 7.75. The predicted octanol–water partition coefficient (Wildman–Crippen LogP) is 4.83. The Balaban J connectivity index is 1.98. The molecule has 0 amide bonds. The fraction of sp³-hybridized carbons (Fsp3) is 0.571. The summed E-state index contributed by atoms with van der Waals surface area (Å²) >= 11 is 12.8. The van der Waals surface area contributed by atoms with Gasteiger partial charge in [0.25, 0.3) is 0 Å². The fourth-order valence-electron chi connectivity index (χ4n) is 4.62. The minimum absolute atomic E-state index is 0.0120. The van der Waals surface area contributed by atoms with Crippen LogP contribution < -0.4 is 4.74 Å². The van der Waals surface area contributed by atoms with Gasteiger partial charge in [-0.15, -0.1) is 0 Å². The van der Waals surface area contributed by atoms with Gasteiger partial charge >= 0.3 is 5.97 Å². The van der Waals surface area contributed by atoms with E-state index >= 15 is 0 Å². The Labute approximate surface area is 174 Å². The highest BCUT2D eigenvalue weighted by atomic mass is 35.5. The van der Waals surface area contributed by atoms with Gasteiger partial charge in [-0.25, -0.2) is 4.79 Å². The van der Waals surface area contributed by atoms with Gasteiger partial charge in [0.2, 0.25) is 0 Å².